The zero-order valence-electron chi connectivity index (χ0n) is 12.7. The van der Waals surface area contributed by atoms with Gasteiger partial charge in [0.1, 0.15) is 11.6 Å². The van der Waals surface area contributed by atoms with Crippen LogP contribution in [-0.4, -0.2) is 16.1 Å². The molecule has 1 saturated carbocycles. The maximum Gasteiger partial charge on any atom is 0.259 e. The predicted octanol–water partition coefficient (Wildman–Crippen LogP) is 4.06. The Bertz CT molecular complexity index is 693. The lowest BCUT2D eigenvalue weighted by molar-refractivity contribution is 0.102. The summed E-state index contributed by atoms with van der Waals surface area (Å²) in [6.07, 6.45) is 7.17. The molecule has 1 amide bonds. The van der Waals surface area contributed by atoms with Crippen molar-refractivity contribution in [2.24, 2.45) is 5.92 Å². The van der Waals surface area contributed by atoms with E-state index >= 15 is 0 Å². The molecule has 3 rings (SSSR count). The van der Waals surface area contributed by atoms with Gasteiger partial charge in [0.05, 0.1) is 5.56 Å². The van der Waals surface area contributed by atoms with Crippen LogP contribution in [0.2, 0.25) is 0 Å². The molecule has 122 valence electrons. The average molecular weight is 319 g/mol. The zero-order valence-corrected chi connectivity index (χ0v) is 12.7. The Labute approximate surface area is 133 Å². The van der Waals surface area contributed by atoms with Crippen LogP contribution >= 0.6 is 0 Å². The normalized spacial score (nSPS) is 15.6. The molecule has 0 spiro atoms. The van der Waals surface area contributed by atoms with E-state index in [0.29, 0.717) is 11.7 Å². The Balaban J connectivity index is 1.64. The number of H-pyrrole nitrogens is 1. The molecule has 0 aliphatic heterocycles. The summed E-state index contributed by atoms with van der Waals surface area (Å²) < 4.78 is 26.7. The highest BCUT2D eigenvalue weighted by atomic mass is 19.1. The third-order valence-corrected chi connectivity index (χ3v) is 4.28. The number of aromatic nitrogens is 2. The second-order valence-corrected chi connectivity index (χ2v) is 6.06. The van der Waals surface area contributed by atoms with Crippen LogP contribution in [-0.2, 0) is 6.42 Å². The van der Waals surface area contributed by atoms with Crippen LogP contribution in [0.3, 0.4) is 0 Å². The minimum atomic E-state index is -0.762. The summed E-state index contributed by atoms with van der Waals surface area (Å²) in [6, 6.07) is 4.54. The molecule has 4 nitrogen and oxygen atoms in total. The second kappa shape index (κ2) is 6.89. The fourth-order valence-electron chi connectivity index (χ4n) is 3.09. The third kappa shape index (κ3) is 3.94. The first-order valence-corrected chi connectivity index (χ1v) is 7.92. The Morgan fingerprint density at radius 3 is 2.78 bits per heavy atom. The van der Waals surface area contributed by atoms with Gasteiger partial charge in [-0.15, -0.1) is 0 Å². The molecule has 1 fully saturated rings. The first-order valence-electron chi connectivity index (χ1n) is 7.92. The van der Waals surface area contributed by atoms with Gasteiger partial charge in [0.2, 0.25) is 0 Å². The number of benzene rings is 1. The third-order valence-electron chi connectivity index (χ3n) is 4.28. The predicted molar refractivity (Wildman–Crippen MR) is 83.2 cm³/mol. The lowest BCUT2D eigenvalue weighted by Crippen LogP contribution is -2.14. The molecule has 23 heavy (non-hydrogen) atoms. The summed E-state index contributed by atoms with van der Waals surface area (Å²) in [5.74, 6) is -1.16. The summed E-state index contributed by atoms with van der Waals surface area (Å²) in [7, 11) is 0. The van der Waals surface area contributed by atoms with Gasteiger partial charge in [-0.2, -0.15) is 5.10 Å². The molecule has 6 heteroatoms. The van der Waals surface area contributed by atoms with Gasteiger partial charge in [-0.3, -0.25) is 9.89 Å². The molecule has 1 heterocycles. The number of hydrogen-bond acceptors (Lipinski definition) is 2. The van der Waals surface area contributed by atoms with Crippen molar-refractivity contribution >= 4 is 11.7 Å². The monoisotopic (exact) mass is 319 g/mol. The van der Waals surface area contributed by atoms with Crippen molar-refractivity contribution in [1.29, 1.82) is 0 Å². The van der Waals surface area contributed by atoms with Crippen molar-refractivity contribution in [3.8, 4) is 0 Å². The quantitative estimate of drug-likeness (QED) is 0.892. The van der Waals surface area contributed by atoms with Gasteiger partial charge in [0.15, 0.2) is 5.82 Å². The van der Waals surface area contributed by atoms with Crippen LogP contribution in [0.15, 0.2) is 24.3 Å². The van der Waals surface area contributed by atoms with E-state index in [0.717, 1.165) is 30.3 Å². The fraction of sp³-hybridized carbons (Fsp3) is 0.412. The van der Waals surface area contributed by atoms with Crippen molar-refractivity contribution in [2.45, 2.75) is 38.5 Å². The van der Waals surface area contributed by atoms with Crippen molar-refractivity contribution < 1.29 is 13.6 Å². The Hall–Kier alpha value is -2.24. The number of aromatic amines is 1. The minimum absolute atomic E-state index is 0.324. The van der Waals surface area contributed by atoms with E-state index in [1.54, 1.807) is 6.07 Å². The van der Waals surface area contributed by atoms with Crippen LogP contribution in [0.1, 0.15) is 48.2 Å². The number of anilines is 1. The Kier molecular flexibility index (Phi) is 4.69. The van der Waals surface area contributed by atoms with Gasteiger partial charge in [0, 0.05) is 11.8 Å². The number of nitrogens with one attached hydrogen (secondary N) is 2. The summed E-state index contributed by atoms with van der Waals surface area (Å²) >= 11 is 0. The zero-order chi connectivity index (χ0) is 16.2. The van der Waals surface area contributed by atoms with Gasteiger partial charge in [-0.25, -0.2) is 8.78 Å². The molecule has 1 aromatic heterocycles. The van der Waals surface area contributed by atoms with E-state index in [2.05, 4.69) is 15.5 Å². The Morgan fingerprint density at radius 1 is 1.22 bits per heavy atom. The summed E-state index contributed by atoms with van der Waals surface area (Å²) in [6.45, 7) is 0. The van der Waals surface area contributed by atoms with Gasteiger partial charge in [-0.1, -0.05) is 32.1 Å². The SMILES string of the molecule is O=C(Nc1cc(CC2CCCCC2)[nH]n1)c1cc(F)ccc1F. The van der Waals surface area contributed by atoms with Crippen molar-refractivity contribution in [2.75, 3.05) is 5.32 Å². The van der Waals surface area contributed by atoms with E-state index in [4.69, 9.17) is 0 Å². The van der Waals surface area contributed by atoms with Crippen LogP contribution in [0.25, 0.3) is 0 Å². The molecule has 1 aliphatic rings. The van der Waals surface area contributed by atoms with Gasteiger partial charge in [-0.05, 0) is 30.5 Å². The number of amides is 1. The molecule has 0 unspecified atom stereocenters. The molecule has 2 aromatic rings. The summed E-state index contributed by atoms with van der Waals surface area (Å²) in [5, 5.41) is 9.43. The molecule has 1 aromatic carbocycles. The van der Waals surface area contributed by atoms with Gasteiger partial charge < -0.3 is 5.32 Å². The molecule has 0 radical (unpaired) electrons. The number of carbonyl (C=O) groups is 1. The molecule has 0 bridgehead atoms. The van der Waals surface area contributed by atoms with Gasteiger partial charge in [0.25, 0.3) is 5.91 Å². The molecule has 0 atom stereocenters. The maximum atomic E-state index is 13.6. The minimum Gasteiger partial charge on any atom is -0.305 e. The first-order chi connectivity index (χ1) is 11.1. The van der Waals surface area contributed by atoms with Crippen molar-refractivity contribution in [3.05, 3.63) is 47.2 Å². The lowest BCUT2D eigenvalue weighted by atomic mass is 9.86. The fourth-order valence-corrected chi connectivity index (χ4v) is 3.09. The van der Waals surface area contributed by atoms with Crippen LogP contribution < -0.4 is 5.32 Å². The second-order valence-electron chi connectivity index (χ2n) is 6.06. The van der Waals surface area contributed by atoms with Crippen molar-refractivity contribution in [1.82, 2.24) is 10.2 Å². The summed E-state index contributed by atoms with van der Waals surface area (Å²) in [5.41, 5.74) is 0.619. The topological polar surface area (TPSA) is 57.8 Å². The number of hydrogen-bond donors (Lipinski definition) is 2. The average Bonchev–Trinajstić information content (AvgIpc) is 2.97. The maximum absolute atomic E-state index is 13.6. The number of rotatable bonds is 4. The van der Waals surface area contributed by atoms with E-state index in [1.165, 1.54) is 32.1 Å². The molecular formula is C17H19F2N3O. The number of nitrogens with zero attached hydrogens (tertiary/aromatic N) is 1. The highest BCUT2D eigenvalue weighted by Crippen LogP contribution is 2.26. The lowest BCUT2D eigenvalue weighted by Gasteiger charge is -2.20. The molecular weight excluding hydrogens is 300 g/mol. The first kappa shape index (κ1) is 15.6. The highest BCUT2D eigenvalue weighted by molar-refractivity contribution is 6.03. The molecule has 1 aliphatic carbocycles. The van der Waals surface area contributed by atoms with Crippen molar-refractivity contribution in [3.63, 3.8) is 0 Å². The number of halogens is 2. The van der Waals surface area contributed by atoms with Crippen LogP contribution in [0, 0.1) is 17.6 Å². The van der Waals surface area contributed by atoms with E-state index in [1.807, 2.05) is 0 Å². The largest absolute Gasteiger partial charge is 0.305 e. The van der Waals surface area contributed by atoms with Gasteiger partial charge >= 0.3 is 0 Å². The summed E-state index contributed by atoms with van der Waals surface area (Å²) in [4.78, 5) is 12.0. The van der Waals surface area contributed by atoms with E-state index in [9.17, 15) is 13.6 Å². The van der Waals surface area contributed by atoms with E-state index < -0.39 is 17.5 Å². The molecule has 0 saturated heterocycles. The Morgan fingerprint density at radius 2 is 2.00 bits per heavy atom. The highest BCUT2D eigenvalue weighted by Gasteiger charge is 2.17. The smallest absolute Gasteiger partial charge is 0.259 e. The standard InChI is InChI=1S/C17H19F2N3O/c18-12-6-7-15(19)14(9-12)17(23)20-16-10-13(21-22-16)8-11-4-2-1-3-5-11/h6-7,9-11H,1-5,8H2,(H2,20,21,22,23). The molecule has 2 N–H and O–H groups in total. The number of carbonyl (C=O) groups excluding carboxylic acids is 1. The van der Waals surface area contributed by atoms with Crippen LogP contribution in [0.5, 0.6) is 0 Å². The van der Waals surface area contributed by atoms with Crippen LogP contribution in [0.4, 0.5) is 14.6 Å². The van der Waals surface area contributed by atoms with E-state index in [-0.39, 0.29) is 5.56 Å².